The molecular weight excluding hydrogens is 523 g/mol. The fourth-order valence-corrected chi connectivity index (χ4v) is 5.13. The van der Waals surface area contributed by atoms with Crippen LogP contribution < -0.4 is 9.95 Å². The van der Waals surface area contributed by atoms with Crippen molar-refractivity contribution in [2.75, 3.05) is 0 Å². The first-order valence-corrected chi connectivity index (χ1v) is 12.2. The second-order valence-corrected chi connectivity index (χ2v) is 10.4. The van der Waals surface area contributed by atoms with Crippen LogP contribution in [0.2, 0.25) is 5.02 Å². The number of nitrogens with one attached hydrogen (secondary N) is 2. The summed E-state index contributed by atoms with van der Waals surface area (Å²) >= 11 is 9.29. The highest BCUT2D eigenvalue weighted by molar-refractivity contribution is 9.10. The molecule has 0 fully saturated rings. The number of rotatable bonds is 8. The third-order valence-corrected chi connectivity index (χ3v) is 7.41. The summed E-state index contributed by atoms with van der Waals surface area (Å²) in [6.45, 7) is 1.46. The third kappa shape index (κ3) is 5.74. The van der Waals surface area contributed by atoms with Gasteiger partial charge in [-0.25, -0.2) is 22.7 Å². The van der Waals surface area contributed by atoms with Gasteiger partial charge >= 0.3 is 0 Å². The average Bonchev–Trinajstić information content (AvgIpc) is 2.75. The van der Waals surface area contributed by atoms with E-state index in [2.05, 4.69) is 20.7 Å². The molecule has 170 valence electrons. The molecule has 3 N–H and O–H groups in total. The van der Waals surface area contributed by atoms with E-state index in [4.69, 9.17) is 16.8 Å². The summed E-state index contributed by atoms with van der Waals surface area (Å²) in [6.07, 6.45) is -0.0950. The SMILES string of the molecule is C[C@H](NS(=O)(=O)c1ccc([NH+]([O-])O)cc1)C(F)(Cc1ccc(Cl)cc1)c1cccc(Br)c1. The van der Waals surface area contributed by atoms with Crippen LogP contribution in [0.1, 0.15) is 18.1 Å². The Labute approximate surface area is 199 Å². The fourth-order valence-electron chi connectivity index (χ4n) is 3.32. The van der Waals surface area contributed by atoms with Gasteiger partial charge in [-0.15, -0.1) is 0 Å². The number of alkyl halides is 1. The van der Waals surface area contributed by atoms with Crippen molar-refractivity contribution in [3.8, 4) is 0 Å². The summed E-state index contributed by atoms with van der Waals surface area (Å²) in [5.41, 5.74) is -1.19. The molecule has 10 heteroatoms. The molecule has 2 unspecified atom stereocenters. The van der Waals surface area contributed by atoms with E-state index >= 15 is 4.39 Å². The van der Waals surface area contributed by atoms with E-state index in [-0.39, 0.29) is 17.0 Å². The van der Waals surface area contributed by atoms with Gasteiger partial charge in [-0.05, 0) is 54.4 Å². The van der Waals surface area contributed by atoms with Gasteiger partial charge in [0.05, 0.1) is 10.9 Å². The van der Waals surface area contributed by atoms with E-state index < -0.39 is 27.0 Å². The van der Waals surface area contributed by atoms with Crippen LogP contribution in [0.25, 0.3) is 0 Å². The minimum Gasteiger partial charge on any atom is -0.595 e. The molecule has 0 saturated carbocycles. The molecular formula is C22H21BrClFN2O4S. The smallest absolute Gasteiger partial charge is 0.240 e. The highest BCUT2D eigenvalue weighted by Crippen LogP contribution is 2.36. The molecule has 0 heterocycles. The van der Waals surface area contributed by atoms with Crippen LogP contribution in [0.4, 0.5) is 10.1 Å². The summed E-state index contributed by atoms with van der Waals surface area (Å²) in [7, 11) is -4.12. The molecule has 0 bridgehead atoms. The molecule has 0 radical (unpaired) electrons. The Bertz CT molecular complexity index is 1180. The van der Waals surface area contributed by atoms with Crippen LogP contribution in [-0.4, -0.2) is 19.7 Å². The molecule has 0 spiro atoms. The first-order valence-electron chi connectivity index (χ1n) is 9.56. The average molecular weight is 544 g/mol. The summed E-state index contributed by atoms with van der Waals surface area (Å²) in [5.74, 6) is 0. The van der Waals surface area contributed by atoms with Gasteiger partial charge in [-0.1, -0.05) is 51.8 Å². The Balaban J connectivity index is 1.95. The lowest BCUT2D eigenvalue weighted by atomic mass is 9.84. The highest BCUT2D eigenvalue weighted by atomic mass is 79.9. The Kier molecular flexibility index (Phi) is 7.72. The van der Waals surface area contributed by atoms with Crippen molar-refractivity contribution in [2.45, 2.75) is 30.0 Å². The standard InChI is InChI=1S/C22H21BrClFN2O4S/c1-15(26-32(30,31)21-11-9-20(10-12-21)27(28)29)22(25,17-3-2-4-18(23)13-17)14-16-5-7-19(24)8-6-16/h2-13,15,26-28H,14H2,1H3/t15-,22?/m0/s1. The van der Waals surface area contributed by atoms with Gasteiger partial charge in [0, 0.05) is 28.0 Å². The summed E-state index contributed by atoms with van der Waals surface area (Å²) in [6, 6.07) is 16.9. The van der Waals surface area contributed by atoms with Gasteiger partial charge in [-0.2, -0.15) is 5.23 Å². The molecule has 0 aliphatic carbocycles. The van der Waals surface area contributed by atoms with E-state index in [9.17, 15) is 13.6 Å². The van der Waals surface area contributed by atoms with Gasteiger partial charge in [0.15, 0.2) is 11.4 Å². The van der Waals surface area contributed by atoms with Crippen molar-refractivity contribution >= 4 is 43.2 Å². The van der Waals surface area contributed by atoms with Gasteiger partial charge in [-0.3, -0.25) is 0 Å². The van der Waals surface area contributed by atoms with Gasteiger partial charge < -0.3 is 5.21 Å². The Morgan fingerprint density at radius 1 is 1.16 bits per heavy atom. The third-order valence-electron chi connectivity index (χ3n) is 5.11. The number of hydrogen-bond donors (Lipinski definition) is 3. The number of sulfonamides is 1. The van der Waals surface area contributed by atoms with Crippen LogP contribution in [0.3, 0.4) is 0 Å². The Morgan fingerprint density at radius 3 is 2.34 bits per heavy atom. The van der Waals surface area contributed by atoms with Gasteiger partial charge in [0.1, 0.15) is 0 Å². The first kappa shape index (κ1) is 24.8. The van der Waals surface area contributed by atoms with Crippen LogP contribution in [0.5, 0.6) is 0 Å². The lowest BCUT2D eigenvalue weighted by Gasteiger charge is -2.33. The van der Waals surface area contributed by atoms with Crippen molar-refractivity contribution in [3.63, 3.8) is 0 Å². The molecule has 3 rings (SSSR count). The van der Waals surface area contributed by atoms with Gasteiger partial charge in [0.25, 0.3) is 0 Å². The number of benzene rings is 3. The van der Waals surface area contributed by atoms with E-state index in [1.165, 1.54) is 31.2 Å². The summed E-state index contributed by atoms with van der Waals surface area (Å²) in [4.78, 5) is -0.155. The molecule has 0 aromatic heterocycles. The Morgan fingerprint density at radius 2 is 1.78 bits per heavy atom. The fraction of sp³-hybridized carbons (Fsp3) is 0.182. The lowest BCUT2D eigenvalue weighted by molar-refractivity contribution is -0.991. The molecule has 0 aliphatic rings. The van der Waals surface area contributed by atoms with Crippen LogP contribution in [0, 0.1) is 5.21 Å². The van der Waals surface area contributed by atoms with Crippen LogP contribution in [-0.2, 0) is 22.1 Å². The molecule has 0 amide bonds. The maximum atomic E-state index is 16.6. The quantitative estimate of drug-likeness (QED) is 0.370. The molecule has 6 nitrogen and oxygen atoms in total. The molecule has 0 saturated heterocycles. The predicted molar refractivity (Wildman–Crippen MR) is 124 cm³/mol. The maximum absolute atomic E-state index is 16.6. The topological polar surface area (TPSA) is 93.9 Å². The predicted octanol–water partition coefficient (Wildman–Crippen LogP) is 4.28. The first-order chi connectivity index (χ1) is 15.0. The monoisotopic (exact) mass is 542 g/mol. The number of quaternary nitrogens is 1. The summed E-state index contributed by atoms with van der Waals surface area (Å²) in [5, 5.41) is 19.4. The normalized spacial score (nSPS) is 15.7. The second-order valence-electron chi connectivity index (χ2n) is 7.35. The number of hydrogen-bond acceptors (Lipinski definition) is 4. The largest absolute Gasteiger partial charge is 0.595 e. The van der Waals surface area contributed by atoms with Crippen molar-refractivity contribution in [3.05, 3.63) is 98.6 Å². The second kappa shape index (κ2) is 9.96. The zero-order chi connectivity index (χ0) is 23.5. The number of halogens is 3. The molecule has 3 atom stereocenters. The van der Waals surface area contributed by atoms with Crippen LogP contribution >= 0.6 is 27.5 Å². The van der Waals surface area contributed by atoms with E-state index in [1.54, 1.807) is 48.5 Å². The highest BCUT2D eigenvalue weighted by Gasteiger charge is 2.41. The van der Waals surface area contributed by atoms with E-state index in [0.717, 1.165) is 0 Å². The Hall–Kier alpha value is -1.85. The minimum atomic E-state index is -4.12. The van der Waals surface area contributed by atoms with Crippen molar-refractivity contribution in [2.24, 2.45) is 0 Å². The minimum absolute atomic E-state index is 0.0475. The van der Waals surface area contributed by atoms with E-state index in [1.807, 2.05) is 0 Å². The zero-order valence-corrected chi connectivity index (χ0v) is 20.1. The molecule has 0 aliphatic heterocycles. The molecule has 3 aromatic rings. The van der Waals surface area contributed by atoms with Gasteiger partial charge in [0.2, 0.25) is 10.0 Å². The molecule has 3 aromatic carbocycles. The summed E-state index contributed by atoms with van der Waals surface area (Å²) < 4.78 is 45.5. The van der Waals surface area contributed by atoms with Crippen molar-refractivity contribution < 1.29 is 23.2 Å². The van der Waals surface area contributed by atoms with Crippen LogP contribution in [0.15, 0.2) is 82.2 Å². The lowest BCUT2D eigenvalue weighted by Crippen LogP contribution is -2.99. The zero-order valence-electron chi connectivity index (χ0n) is 16.9. The molecule has 32 heavy (non-hydrogen) atoms. The van der Waals surface area contributed by atoms with E-state index in [0.29, 0.717) is 20.6 Å². The van der Waals surface area contributed by atoms with Crippen molar-refractivity contribution in [1.29, 1.82) is 0 Å². The van der Waals surface area contributed by atoms with Crippen molar-refractivity contribution in [1.82, 2.24) is 4.72 Å². The maximum Gasteiger partial charge on any atom is 0.240 e.